The summed E-state index contributed by atoms with van der Waals surface area (Å²) in [6.45, 7) is 1.94. The van der Waals surface area contributed by atoms with Crippen molar-refractivity contribution in [1.82, 2.24) is 0 Å². The van der Waals surface area contributed by atoms with E-state index in [1.807, 2.05) is 6.92 Å². The third-order valence-electron chi connectivity index (χ3n) is 1.99. The van der Waals surface area contributed by atoms with Crippen molar-refractivity contribution in [3.05, 3.63) is 28.2 Å². The molecule has 0 heterocycles. The van der Waals surface area contributed by atoms with Gasteiger partial charge in [0.1, 0.15) is 6.04 Å². The molecule has 3 nitrogen and oxygen atoms in total. The molecule has 15 heavy (non-hydrogen) atoms. The maximum absolute atomic E-state index is 8.80. The number of nitrogens with zero attached hydrogens (tertiary/aromatic N) is 2. The lowest BCUT2D eigenvalue weighted by Gasteiger charge is -2.12. The Morgan fingerprint density at radius 2 is 2.20 bits per heavy atom. The van der Waals surface area contributed by atoms with Gasteiger partial charge in [-0.15, -0.1) is 0 Å². The van der Waals surface area contributed by atoms with Crippen molar-refractivity contribution in [2.45, 2.75) is 19.4 Å². The van der Waals surface area contributed by atoms with Crippen LogP contribution in [0.4, 0.5) is 5.69 Å². The number of nitriles is 2. The molecule has 1 N–H and O–H groups in total. The Bertz CT molecular complexity index is 428. The number of halogens is 1. The van der Waals surface area contributed by atoms with E-state index in [2.05, 4.69) is 33.4 Å². The number of hydrogen-bond donors (Lipinski definition) is 1. The van der Waals surface area contributed by atoms with Crippen molar-refractivity contribution < 1.29 is 0 Å². The summed E-state index contributed by atoms with van der Waals surface area (Å²) in [6.07, 6.45) is 0.739. The zero-order valence-corrected chi connectivity index (χ0v) is 9.87. The highest BCUT2D eigenvalue weighted by molar-refractivity contribution is 9.10. The number of anilines is 1. The van der Waals surface area contributed by atoms with Crippen LogP contribution in [-0.4, -0.2) is 6.04 Å². The molecule has 1 aromatic carbocycles. The summed E-state index contributed by atoms with van der Waals surface area (Å²) >= 11 is 3.35. The van der Waals surface area contributed by atoms with Gasteiger partial charge >= 0.3 is 0 Å². The molecule has 0 aliphatic rings. The van der Waals surface area contributed by atoms with E-state index in [1.165, 1.54) is 0 Å². The first kappa shape index (κ1) is 11.6. The number of benzene rings is 1. The molecule has 4 heteroatoms. The van der Waals surface area contributed by atoms with Crippen molar-refractivity contribution in [2.24, 2.45) is 0 Å². The molecular formula is C11H10BrN3. The highest BCUT2D eigenvalue weighted by Crippen LogP contribution is 2.24. The van der Waals surface area contributed by atoms with Crippen LogP contribution in [0.25, 0.3) is 0 Å². The molecule has 0 saturated carbocycles. The Labute approximate surface area is 97.5 Å². The van der Waals surface area contributed by atoms with Gasteiger partial charge in [0, 0.05) is 10.2 Å². The molecule has 0 aliphatic carbocycles. The zero-order valence-electron chi connectivity index (χ0n) is 8.29. The van der Waals surface area contributed by atoms with Crippen LogP contribution in [0.3, 0.4) is 0 Å². The summed E-state index contributed by atoms with van der Waals surface area (Å²) in [5.74, 6) is 0. The summed E-state index contributed by atoms with van der Waals surface area (Å²) in [6, 6.07) is 9.26. The Kier molecular flexibility index (Phi) is 4.15. The standard InChI is InChI=1S/C11H10BrN3/c1-2-9(7-14)15-11-4-3-8(6-13)5-10(11)12/h3-5,9,15H,2H2,1H3. The van der Waals surface area contributed by atoms with E-state index < -0.39 is 0 Å². The van der Waals surface area contributed by atoms with Crippen LogP contribution in [-0.2, 0) is 0 Å². The third-order valence-corrected chi connectivity index (χ3v) is 2.65. The van der Waals surface area contributed by atoms with Gasteiger partial charge < -0.3 is 5.32 Å². The fourth-order valence-electron chi connectivity index (χ4n) is 1.12. The monoisotopic (exact) mass is 263 g/mol. The maximum atomic E-state index is 8.80. The van der Waals surface area contributed by atoms with E-state index >= 15 is 0 Å². The fraction of sp³-hybridized carbons (Fsp3) is 0.273. The van der Waals surface area contributed by atoms with E-state index in [4.69, 9.17) is 10.5 Å². The second kappa shape index (κ2) is 5.38. The Morgan fingerprint density at radius 3 is 2.67 bits per heavy atom. The van der Waals surface area contributed by atoms with Gasteiger partial charge in [0.15, 0.2) is 0 Å². The molecule has 0 spiro atoms. The lowest BCUT2D eigenvalue weighted by molar-refractivity contribution is 0.844. The average molecular weight is 264 g/mol. The first-order valence-corrected chi connectivity index (χ1v) is 5.36. The van der Waals surface area contributed by atoms with Crippen LogP contribution < -0.4 is 5.32 Å². The smallest absolute Gasteiger partial charge is 0.114 e. The van der Waals surface area contributed by atoms with Crippen molar-refractivity contribution in [2.75, 3.05) is 5.32 Å². The van der Waals surface area contributed by atoms with Crippen LogP contribution >= 0.6 is 15.9 Å². The van der Waals surface area contributed by atoms with Gasteiger partial charge in [-0.3, -0.25) is 0 Å². The molecule has 0 aliphatic heterocycles. The van der Waals surface area contributed by atoms with Crippen molar-refractivity contribution in [1.29, 1.82) is 10.5 Å². The molecule has 0 fully saturated rings. The lowest BCUT2D eigenvalue weighted by Crippen LogP contribution is -2.15. The van der Waals surface area contributed by atoms with Crippen LogP contribution in [0, 0.1) is 22.7 Å². The molecule has 1 unspecified atom stereocenters. The minimum absolute atomic E-state index is 0.200. The average Bonchev–Trinajstić information content (AvgIpc) is 2.27. The summed E-state index contributed by atoms with van der Waals surface area (Å²) in [5, 5.41) is 20.6. The normalized spacial score (nSPS) is 11.2. The largest absolute Gasteiger partial charge is 0.369 e. The minimum Gasteiger partial charge on any atom is -0.369 e. The SMILES string of the molecule is CCC(C#N)Nc1ccc(C#N)cc1Br. The number of nitrogens with one attached hydrogen (secondary N) is 1. The third kappa shape index (κ3) is 2.97. The molecular weight excluding hydrogens is 254 g/mol. The van der Waals surface area contributed by atoms with Crippen molar-refractivity contribution in [3.63, 3.8) is 0 Å². The van der Waals surface area contributed by atoms with E-state index in [0.29, 0.717) is 5.56 Å². The van der Waals surface area contributed by atoms with E-state index in [0.717, 1.165) is 16.6 Å². The van der Waals surface area contributed by atoms with Gasteiger partial charge in [-0.1, -0.05) is 6.92 Å². The summed E-state index contributed by atoms with van der Waals surface area (Å²) in [4.78, 5) is 0. The van der Waals surface area contributed by atoms with E-state index in [1.54, 1.807) is 18.2 Å². The summed E-state index contributed by atoms with van der Waals surface area (Å²) in [7, 11) is 0. The second-order valence-corrected chi connectivity index (χ2v) is 3.90. The molecule has 76 valence electrons. The fourth-order valence-corrected chi connectivity index (χ4v) is 1.61. The predicted molar refractivity (Wildman–Crippen MR) is 62.2 cm³/mol. The maximum Gasteiger partial charge on any atom is 0.114 e. The highest BCUT2D eigenvalue weighted by atomic mass is 79.9. The summed E-state index contributed by atoms with van der Waals surface area (Å²) < 4.78 is 0.801. The Hall–Kier alpha value is -1.52. The topological polar surface area (TPSA) is 59.6 Å². The van der Waals surface area contributed by atoms with Gasteiger partial charge in [0.25, 0.3) is 0 Å². The van der Waals surface area contributed by atoms with Gasteiger partial charge in [-0.25, -0.2) is 0 Å². The van der Waals surface area contributed by atoms with E-state index in [-0.39, 0.29) is 6.04 Å². The molecule has 0 bridgehead atoms. The van der Waals surface area contributed by atoms with Gasteiger partial charge in [-0.2, -0.15) is 10.5 Å². The van der Waals surface area contributed by atoms with Gasteiger partial charge in [0.2, 0.25) is 0 Å². The molecule has 0 amide bonds. The molecule has 0 saturated heterocycles. The van der Waals surface area contributed by atoms with Crippen LogP contribution in [0.2, 0.25) is 0 Å². The van der Waals surface area contributed by atoms with Crippen molar-refractivity contribution in [3.8, 4) is 12.1 Å². The first-order chi connectivity index (χ1) is 7.21. The molecule has 1 rings (SSSR count). The predicted octanol–water partition coefficient (Wildman–Crippen LogP) is 3.03. The zero-order chi connectivity index (χ0) is 11.3. The molecule has 0 radical (unpaired) electrons. The van der Waals surface area contributed by atoms with Gasteiger partial charge in [0.05, 0.1) is 17.7 Å². The lowest BCUT2D eigenvalue weighted by atomic mass is 10.2. The van der Waals surface area contributed by atoms with Crippen molar-refractivity contribution >= 4 is 21.6 Å². The second-order valence-electron chi connectivity index (χ2n) is 3.04. The van der Waals surface area contributed by atoms with Crippen LogP contribution in [0.15, 0.2) is 22.7 Å². The number of rotatable bonds is 3. The number of hydrogen-bond acceptors (Lipinski definition) is 3. The highest BCUT2D eigenvalue weighted by Gasteiger charge is 2.06. The summed E-state index contributed by atoms with van der Waals surface area (Å²) in [5.41, 5.74) is 1.43. The Balaban J connectivity index is 2.89. The quantitative estimate of drug-likeness (QED) is 0.912. The Morgan fingerprint density at radius 1 is 1.47 bits per heavy atom. The minimum atomic E-state index is -0.200. The van der Waals surface area contributed by atoms with Crippen LogP contribution in [0.5, 0.6) is 0 Å². The van der Waals surface area contributed by atoms with Crippen LogP contribution in [0.1, 0.15) is 18.9 Å². The molecule has 1 atom stereocenters. The van der Waals surface area contributed by atoms with E-state index in [9.17, 15) is 0 Å². The van der Waals surface area contributed by atoms with Gasteiger partial charge in [-0.05, 0) is 40.5 Å². The molecule has 0 aromatic heterocycles. The molecule has 1 aromatic rings. The first-order valence-electron chi connectivity index (χ1n) is 4.57.